The topological polar surface area (TPSA) is 48.7 Å². The molecule has 1 aromatic heterocycles. The lowest BCUT2D eigenvalue weighted by Gasteiger charge is -2.16. The third-order valence-electron chi connectivity index (χ3n) is 4.14. The molecule has 0 bridgehead atoms. The van der Waals surface area contributed by atoms with Crippen molar-refractivity contribution in [2.24, 2.45) is 0 Å². The molecule has 0 spiro atoms. The monoisotopic (exact) mass is 392 g/mol. The molecule has 2 aromatic carbocycles. The molecule has 3 rings (SSSR count). The summed E-state index contributed by atoms with van der Waals surface area (Å²) in [6.45, 7) is 5.83. The molecule has 0 saturated carbocycles. The summed E-state index contributed by atoms with van der Waals surface area (Å²) in [4.78, 5) is 12.8. The van der Waals surface area contributed by atoms with E-state index in [1.807, 2.05) is 13.8 Å². The molecule has 0 aliphatic heterocycles. The Bertz CT molecular complexity index is 1050. The highest BCUT2D eigenvalue weighted by Crippen LogP contribution is 2.40. The van der Waals surface area contributed by atoms with E-state index in [0.717, 1.165) is 0 Å². The number of hydrogen-bond acceptors (Lipinski definition) is 4. The van der Waals surface area contributed by atoms with Crippen LogP contribution >= 0.6 is 0 Å². The quantitative estimate of drug-likeness (QED) is 0.524. The summed E-state index contributed by atoms with van der Waals surface area (Å²) in [5, 5.41) is -0.0199. The van der Waals surface area contributed by atoms with Crippen LogP contribution in [0.4, 0.5) is 13.2 Å². The van der Waals surface area contributed by atoms with Crippen molar-refractivity contribution in [2.45, 2.75) is 32.9 Å². The SMILES string of the molecule is CCOc1ccc2c(=O)c(Oc3ccccc3C(C)C)c(C(F)(F)F)oc2c1. The van der Waals surface area contributed by atoms with Crippen molar-refractivity contribution in [1.82, 2.24) is 0 Å². The van der Waals surface area contributed by atoms with Crippen LogP contribution in [0.2, 0.25) is 0 Å². The van der Waals surface area contributed by atoms with Crippen molar-refractivity contribution in [3.63, 3.8) is 0 Å². The molecular formula is C21H19F3O4. The van der Waals surface area contributed by atoms with Crippen LogP contribution in [0, 0.1) is 0 Å². The van der Waals surface area contributed by atoms with Gasteiger partial charge in [0.2, 0.25) is 11.2 Å². The van der Waals surface area contributed by atoms with Gasteiger partial charge in [-0.2, -0.15) is 13.2 Å². The van der Waals surface area contributed by atoms with Gasteiger partial charge in [0.15, 0.2) is 0 Å². The molecule has 4 nitrogen and oxygen atoms in total. The average molecular weight is 392 g/mol. The zero-order valence-corrected chi connectivity index (χ0v) is 15.6. The van der Waals surface area contributed by atoms with Crippen molar-refractivity contribution >= 4 is 11.0 Å². The Morgan fingerprint density at radius 2 is 1.82 bits per heavy atom. The van der Waals surface area contributed by atoms with Crippen molar-refractivity contribution in [1.29, 1.82) is 0 Å². The molecular weight excluding hydrogens is 373 g/mol. The molecule has 0 aliphatic rings. The molecule has 7 heteroatoms. The number of rotatable bonds is 5. The van der Waals surface area contributed by atoms with Gasteiger partial charge < -0.3 is 13.9 Å². The van der Waals surface area contributed by atoms with E-state index < -0.39 is 23.1 Å². The molecule has 148 valence electrons. The van der Waals surface area contributed by atoms with Crippen molar-refractivity contribution < 1.29 is 27.1 Å². The van der Waals surface area contributed by atoms with Crippen LogP contribution in [0.25, 0.3) is 11.0 Å². The van der Waals surface area contributed by atoms with Gasteiger partial charge in [-0.3, -0.25) is 4.79 Å². The maximum atomic E-state index is 13.6. The predicted octanol–water partition coefficient (Wildman–Crippen LogP) is 6.13. The summed E-state index contributed by atoms with van der Waals surface area (Å²) < 4.78 is 56.7. The van der Waals surface area contributed by atoms with E-state index in [1.165, 1.54) is 24.3 Å². The first-order valence-electron chi connectivity index (χ1n) is 8.80. The highest BCUT2D eigenvalue weighted by molar-refractivity contribution is 5.79. The minimum absolute atomic E-state index is 0.00761. The fourth-order valence-electron chi connectivity index (χ4n) is 2.85. The minimum Gasteiger partial charge on any atom is -0.494 e. The molecule has 0 fully saturated rings. The molecule has 0 N–H and O–H groups in total. The summed E-state index contributed by atoms with van der Waals surface area (Å²) >= 11 is 0. The highest BCUT2D eigenvalue weighted by atomic mass is 19.4. The lowest BCUT2D eigenvalue weighted by atomic mass is 10.0. The van der Waals surface area contributed by atoms with Gasteiger partial charge in [-0.05, 0) is 36.6 Å². The average Bonchev–Trinajstić information content (AvgIpc) is 2.63. The van der Waals surface area contributed by atoms with Gasteiger partial charge in [0.05, 0.1) is 12.0 Å². The largest absolute Gasteiger partial charge is 0.494 e. The molecule has 28 heavy (non-hydrogen) atoms. The lowest BCUT2D eigenvalue weighted by molar-refractivity contribution is -0.154. The first-order valence-corrected chi connectivity index (χ1v) is 8.80. The Hall–Kier alpha value is -2.96. The van der Waals surface area contributed by atoms with Crippen LogP contribution in [0.3, 0.4) is 0 Å². The van der Waals surface area contributed by atoms with E-state index in [0.29, 0.717) is 17.9 Å². The fraction of sp³-hybridized carbons (Fsp3) is 0.286. The van der Waals surface area contributed by atoms with Crippen LogP contribution in [-0.2, 0) is 6.18 Å². The third kappa shape index (κ3) is 3.83. The Morgan fingerprint density at radius 3 is 2.46 bits per heavy atom. The van der Waals surface area contributed by atoms with Crippen LogP contribution < -0.4 is 14.9 Å². The number of halogens is 3. The fourth-order valence-corrected chi connectivity index (χ4v) is 2.85. The number of hydrogen-bond donors (Lipinski definition) is 0. The Morgan fingerprint density at radius 1 is 1.11 bits per heavy atom. The number of benzene rings is 2. The van der Waals surface area contributed by atoms with Crippen LogP contribution in [0.15, 0.2) is 51.7 Å². The summed E-state index contributed by atoms with van der Waals surface area (Å²) in [6.07, 6.45) is -4.91. The number of ether oxygens (including phenoxy) is 2. The molecule has 0 unspecified atom stereocenters. The van der Waals surface area contributed by atoms with Gasteiger partial charge in [-0.25, -0.2) is 0 Å². The zero-order valence-electron chi connectivity index (χ0n) is 15.6. The summed E-state index contributed by atoms with van der Waals surface area (Å²) in [5.41, 5.74) is -0.426. The highest BCUT2D eigenvalue weighted by Gasteiger charge is 2.40. The van der Waals surface area contributed by atoms with E-state index in [2.05, 4.69) is 0 Å². The van der Waals surface area contributed by atoms with E-state index >= 15 is 0 Å². The van der Waals surface area contributed by atoms with E-state index in [9.17, 15) is 18.0 Å². The predicted molar refractivity (Wildman–Crippen MR) is 99.3 cm³/mol. The van der Waals surface area contributed by atoms with Gasteiger partial charge in [-0.1, -0.05) is 32.0 Å². The summed E-state index contributed by atoms with van der Waals surface area (Å²) in [6, 6.07) is 10.8. The molecule has 3 aromatic rings. The second-order valence-corrected chi connectivity index (χ2v) is 6.47. The standard InChI is InChI=1S/C21H19F3O4/c1-4-26-13-9-10-15-17(11-13)28-20(21(22,23)24)19(18(15)25)27-16-8-6-5-7-14(16)12(2)3/h5-12H,4H2,1-3H3. The maximum Gasteiger partial charge on any atom is 0.453 e. The number of fused-ring (bicyclic) bond motifs is 1. The smallest absolute Gasteiger partial charge is 0.453 e. The third-order valence-corrected chi connectivity index (χ3v) is 4.14. The number of alkyl halides is 3. The number of para-hydroxylation sites is 1. The van der Waals surface area contributed by atoms with Gasteiger partial charge in [0.25, 0.3) is 5.76 Å². The van der Waals surface area contributed by atoms with Gasteiger partial charge in [0.1, 0.15) is 17.1 Å². The normalized spacial score (nSPS) is 11.8. The first-order chi connectivity index (χ1) is 13.2. The molecule has 0 saturated heterocycles. The molecule has 0 amide bonds. The first kappa shape index (κ1) is 19.8. The molecule has 0 atom stereocenters. The van der Waals surface area contributed by atoms with Crippen LogP contribution in [0.1, 0.15) is 38.0 Å². The van der Waals surface area contributed by atoms with Gasteiger partial charge in [0, 0.05) is 6.07 Å². The lowest BCUT2D eigenvalue weighted by Crippen LogP contribution is -2.16. The second kappa shape index (κ2) is 7.58. The van der Waals surface area contributed by atoms with E-state index in [-0.39, 0.29) is 22.6 Å². The van der Waals surface area contributed by atoms with E-state index in [4.69, 9.17) is 13.9 Å². The Balaban J connectivity index is 2.23. The molecule has 0 radical (unpaired) electrons. The zero-order chi connectivity index (χ0) is 20.5. The Labute approximate surface area is 159 Å². The molecule has 0 aliphatic carbocycles. The summed E-state index contributed by atoms with van der Waals surface area (Å²) in [5.74, 6) is -1.87. The Kier molecular flexibility index (Phi) is 5.36. The van der Waals surface area contributed by atoms with Crippen molar-refractivity contribution in [2.75, 3.05) is 6.61 Å². The van der Waals surface area contributed by atoms with E-state index in [1.54, 1.807) is 25.1 Å². The molecule has 1 heterocycles. The maximum absolute atomic E-state index is 13.6. The second-order valence-electron chi connectivity index (χ2n) is 6.47. The van der Waals surface area contributed by atoms with Crippen LogP contribution in [-0.4, -0.2) is 6.61 Å². The van der Waals surface area contributed by atoms with Gasteiger partial charge >= 0.3 is 6.18 Å². The van der Waals surface area contributed by atoms with Gasteiger partial charge in [-0.15, -0.1) is 0 Å². The van der Waals surface area contributed by atoms with Crippen molar-refractivity contribution in [3.05, 3.63) is 64.0 Å². The van der Waals surface area contributed by atoms with Crippen molar-refractivity contribution in [3.8, 4) is 17.2 Å². The van der Waals surface area contributed by atoms with Crippen LogP contribution in [0.5, 0.6) is 17.2 Å². The minimum atomic E-state index is -4.91. The summed E-state index contributed by atoms with van der Waals surface area (Å²) in [7, 11) is 0.